The van der Waals surface area contributed by atoms with Crippen molar-refractivity contribution in [3.63, 3.8) is 0 Å². The van der Waals surface area contributed by atoms with Crippen molar-refractivity contribution in [3.8, 4) is 17.2 Å². The first-order valence-corrected chi connectivity index (χ1v) is 8.85. The molecule has 0 unspecified atom stereocenters. The highest BCUT2D eigenvalue weighted by atomic mass is 16.5. The first-order chi connectivity index (χ1) is 12.6. The Hall–Kier alpha value is -2.70. The number of carbonyl (C=O) groups is 1. The van der Waals surface area contributed by atoms with E-state index >= 15 is 0 Å². The van der Waals surface area contributed by atoms with Crippen molar-refractivity contribution in [3.05, 3.63) is 35.2 Å². The Morgan fingerprint density at radius 3 is 2.15 bits per heavy atom. The third-order valence-corrected chi connectivity index (χ3v) is 3.51. The monoisotopic (exact) mass is 362 g/mol. The van der Waals surface area contributed by atoms with Gasteiger partial charge in [0.25, 0.3) is 5.91 Å². The van der Waals surface area contributed by atoms with Crippen LogP contribution in [-0.4, -0.2) is 37.4 Å². The van der Waals surface area contributed by atoms with Crippen LogP contribution in [0.15, 0.2) is 22.7 Å². The number of aromatic nitrogens is 1. The number of nitrogens with one attached hydrogen (secondary N) is 1. The molecule has 1 aromatic heterocycles. The standard InChI is InChI=1S/C19H26N2O5/c1-5-23-16-11-14(12-17(24-6-2)18(16)25-7-3)19(22)20-9-8-15-10-13(4)21-26-15/h10-12H,5-9H2,1-4H3,(H,20,22). The summed E-state index contributed by atoms with van der Waals surface area (Å²) in [6, 6.07) is 5.19. The van der Waals surface area contributed by atoms with Crippen molar-refractivity contribution in [1.82, 2.24) is 10.5 Å². The second kappa shape index (κ2) is 9.70. The molecule has 7 heteroatoms. The summed E-state index contributed by atoms with van der Waals surface area (Å²) in [5.74, 6) is 2.03. The van der Waals surface area contributed by atoms with Gasteiger partial charge in [0, 0.05) is 24.6 Å². The molecule has 26 heavy (non-hydrogen) atoms. The fourth-order valence-corrected chi connectivity index (χ4v) is 2.46. The number of carbonyl (C=O) groups excluding carboxylic acids is 1. The third-order valence-electron chi connectivity index (χ3n) is 3.51. The van der Waals surface area contributed by atoms with Gasteiger partial charge in [-0.15, -0.1) is 0 Å². The van der Waals surface area contributed by atoms with E-state index in [2.05, 4.69) is 10.5 Å². The van der Waals surface area contributed by atoms with Crippen LogP contribution in [0.25, 0.3) is 0 Å². The summed E-state index contributed by atoms with van der Waals surface area (Å²) in [6.07, 6.45) is 0.570. The second-order valence-corrected chi connectivity index (χ2v) is 5.54. The number of nitrogens with zero attached hydrogens (tertiary/aromatic N) is 1. The first-order valence-electron chi connectivity index (χ1n) is 8.85. The van der Waals surface area contributed by atoms with Crippen LogP contribution in [0.5, 0.6) is 17.2 Å². The number of amides is 1. The molecule has 2 rings (SSSR count). The molecule has 1 aromatic carbocycles. The van der Waals surface area contributed by atoms with E-state index in [1.165, 1.54) is 0 Å². The number of hydrogen-bond acceptors (Lipinski definition) is 6. The number of hydrogen-bond donors (Lipinski definition) is 1. The van der Waals surface area contributed by atoms with Gasteiger partial charge in [0.05, 0.1) is 25.5 Å². The van der Waals surface area contributed by atoms with E-state index in [4.69, 9.17) is 18.7 Å². The van der Waals surface area contributed by atoms with Gasteiger partial charge in [-0.25, -0.2) is 0 Å². The van der Waals surface area contributed by atoms with Gasteiger partial charge in [-0.3, -0.25) is 4.79 Å². The summed E-state index contributed by atoms with van der Waals surface area (Å²) in [4.78, 5) is 12.5. The van der Waals surface area contributed by atoms with Gasteiger partial charge in [0.1, 0.15) is 5.76 Å². The Morgan fingerprint density at radius 1 is 1.04 bits per heavy atom. The van der Waals surface area contributed by atoms with E-state index in [9.17, 15) is 4.79 Å². The van der Waals surface area contributed by atoms with Crippen molar-refractivity contribution in [1.29, 1.82) is 0 Å². The zero-order chi connectivity index (χ0) is 18.9. The molecule has 0 atom stereocenters. The second-order valence-electron chi connectivity index (χ2n) is 5.54. The Morgan fingerprint density at radius 2 is 1.65 bits per heavy atom. The average Bonchev–Trinajstić information content (AvgIpc) is 3.03. The Bertz CT molecular complexity index is 699. The maximum Gasteiger partial charge on any atom is 0.251 e. The molecule has 0 bridgehead atoms. The fourth-order valence-electron chi connectivity index (χ4n) is 2.46. The SMILES string of the molecule is CCOc1cc(C(=O)NCCc2cc(C)no2)cc(OCC)c1OCC. The van der Waals surface area contributed by atoms with E-state index in [0.29, 0.717) is 55.6 Å². The summed E-state index contributed by atoms with van der Waals surface area (Å²) in [5, 5.41) is 6.70. The van der Waals surface area contributed by atoms with Gasteiger partial charge in [0.2, 0.25) is 5.75 Å². The largest absolute Gasteiger partial charge is 0.490 e. The minimum Gasteiger partial charge on any atom is -0.490 e. The molecule has 1 heterocycles. The molecule has 0 spiro atoms. The molecule has 0 saturated carbocycles. The molecule has 0 aliphatic rings. The number of aryl methyl sites for hydroxylation is 1. The number of rotatable bonds is 10. The first kappa shape index (κ1) is 19.6. The minimum atomic E-state index is -0.216. The van der Waals surface area contributed by atoms with Crippen LogP contribution >= 0.6 is 0 Å². The minimum absolute atomic E-state index is 0.216. The predicted molar refractivity (Wildman–Crippen MR) is 97.2 cm³/mol. The molecule has 7 nitrogen and oxygen atoms in total. The van der Waals surface area contributed by atoms with Crippen LogP contribution in [0.3, 0.4) is 0 Å². The molecule has 1 N–H and O–H groups in total. The highest BCUT2D eigenvalue weighted by molar-refractivity contribution is 5.95. The summed E-state index contributed by atoms with van der Waals surface area (Å²) in [6.45, 7) is 9.33. The molecule has 0 fully saturated rings. The Labute approximate surface area is 153 Å². The van der Waals surface area contributed by atoms with Crippen LogP contribution in [0.4, 0.5) is 0 Å². The summed E-state index contributed by atoms with van der Waals surface area (Å²) >= 11 is 0. The zero-order valence-corrected chi connectivity index (χ0v) is 15.8. The quantitative estimate of drug-likeness (QED) is 0.699. The van der Waals surface area contributed by atoms with Gasteiger partial charge < -0.3 is 24.1 Å². The van der Waals surface area contributed by atoms with Crippen molar-refractivity contribution in [2.75, 3.05) is 26.4 Å². The van der Waals surface area contributed by atoms with Crippen LogP contribution in [-0.2, 0) is 6.42 Å². The van der Waals surface area contributed by atoms with Crippen molar-refractivity contribution in [2.24, 2.45) is 0 Å². The molecule has 2 aromatic rings. The molecular formula is C19H26N2O5. The van der Waals surface area contributed by atoms with Gasteiger partial charge in [-0.05, 0) is 39.8 Å². The lowest BCUT2D eigenvalue weighted by Gasteiger charge is -2.17. The van der Waals surface area contributed by atoms with Crippen LogP contribution < -0.4 is 19.5 Å². The highest BCUT2D eigenvalue weighted by Crippen LogP contribution is 2.39. The Balaban J connectivity index is 2.13. The van der Waals surface area contributed by atoms with Crippen LogP contribution in [0, 0.1) is 6.92 Å². The van der Waals surface area contributed by atoms with Gasteiger partial charge in [-0.1, -0.05) is 5.16 Å². The molecular weight excluding hydrogens is 336 g/mol. The topological polar surface area (TPSA) is 82.8 Å². The van der Waals surface area contributed by atoms with Crippen molar-refractivity contribution in [2.45, 2.75) is 34.1 Å². The lowest BCUT2D eigenvalue weighted by molar-refractivity contribution is 0.0952. The van der Waals surface area contributed by atoms with Gasteiger partial charge in [0.15, 0.2) is 11.5 Å². The molecule has 1 amide bonds. The van der Waals surface area contributed by atoms with Gasteiger partial charge in [-0.2, -0.15) is 0 Å². The maximum absolute atomic E-state index is 12.5. The third kappa shape index (κ3) is 5.15. The van der Waals surface area contributed by atoms with Crippen LogP contribution in [0.2, 0.25) is 0 Å². The lowest BCUT2D eigenvalue weighted by Crippen LogP contribution is -2.25. The van der Waals surface area contributed by atoms with E-state index in [0.717, 1.165) is 11.5 Å². The summed E-state index contributed by atoms with van der Waals surface area (Å²) in [5.41, 5.74) is 1.27. The smallest absolute Gasteiger partial charge is 0.251 e. The normalized spacial score (nSPS) is 10.5. The molecule has 142 valence electrons. The van der Waals surface area contributed by atoms with Crippen molar-refractivity contribution >= 4 is 5.91 Å². The lowest BCUT2D eigenvalue weighted by atomic mass is 10.1. The molecule has 0 saturated heterocycles. The average molecular weight is 362 g/mol. The van der Waals surface area contributed by atoms with E-state index in [1.807, 2.05) is 33.8 Å². The Kier molecular flexibility index (Phi) is 7.32. The molecule has 0 radical (unpaired) electrons. The summed E-state index contributed by atoms with van der Waals surface area (Å²) in [7, 11) is 0. The maximum atomic E-state index is 12.5. The molecule has 0 aliphatic carbocycles. The van der Waals surface area contributed by atoms with E-state index in [1.54, 1.807) is 12.1 Å². The van der Waals surface area contributed by atoms with Gasteiger partial charge >= 0.3 is 0 Å². The van der Waals surface area contributed by atoms with Crippen LogP contribution in [0.1, 0.15) is 42.6 Å². The highest BCUT2D eigenvalue weighted by Gasteiger charge is 2.18. The van der Waals surface area contributed by atoms with Crippen molar-refractivity contribution < 1.29 is 23.5 Å². The zero-order valence-electron chi connectivity index (χ0n) is 15.8. The summed E-state index contributed by atoms with van der Waals surface area (Å²) < 4.78 is 22.1. The number of ether oxygens (including phenoxy) is 3. The van der Waals surface area contributed by atoms with E-state index in [-0.39, 0.29) is 5.91 Å². The van der Waals surface area contributed by atoms with E-state index < -0.39 is 0 Å². The fraction of sp³-hybridized carbons (Fsp3) is 0.474. The number of benzene rings is 1. The predicted octanol–water partition coefficient (Wildman–Crippen LogP) is 3.15. The molecule has 0 aliphatic heterocycles.